The Morgan fingerprint density at radius 1 is 1.11 bits per heavy atom. The van der Waals surface area contributed by atoms with Crippen molar-refractivity contribution in [1.29, 1.82) is 0 Å². The number of carboxylic acids is 2. The van der Waals surface area contributed by atoms with Crippen LogP contribution >= 0.6 is 27.5 Å². The minimum Gasteiger partial charge on any atom is -0.490 e. The molecule has 1 aliphatic heterocycles. The number of carboxylic acid groups (broad SMARTS) is 2. The summed E-state index contributed by atoms with van der Waals surface area (Å²) in [5.74, 6) is -2.95. The summed E-state index contributed by atoms with van der Waals surface area (Å²) < 4.78 is 12.2. The maximum absolute atomic E-state index is 9.10. The molecule has 152 valence electrons. The van der Waals surface area contributed by atoms with Crippen LogP contribution < -0.4 is 4.74 Å². The van der Waals surface area contributed by atoms with E-state index in [1.807, 2.05) is 18.2 Å². The number of carbonyl (C=O) groups is 2. The third-order valence-corrected chi connectivity index (χ3v) is 4.50. The van der Waals surface area contributed by atoms with Gasteiger partial charge in [0.1, 0.15) is 12.4 Å². The first-order valence-corrected chi connectivity index (χ1v) is 9.49. The number of likely N-dealkylation sites (N-methyl/N-ethyl adjacent to an activating group) is 1. The standard InChI is InChI=1S/C15H22BrClN2O2.C2H2O4/c1-18-4-6-19(7-5-18)8-9-20-10-11-21-15-3-2-13(16)12-14(15)17;3-1(4)2(5)6/h2-3,12H,4-11H2,1H3;(H,3,4)(H,5,6). The number of hydrogen-bond acceptors (Lipinski definition) is 6. The molecule has 8 nitrogen and oxygen atoms in total. The highest BCUT2D eigenvalue weighted by Gasteiger charge is 2.12. The molecular weight excluding hydrogens is 444 g/mol. The molecule has 0 saturated carbocycles. The van der Waals surface area contributed by atoms with E-state index in [-0.39, 0.29) is 0 Å². The monoisotopic (exact) mass is 466 g/mol. The summed E-state index contributed by atoms with van der Waals surface area (Å²) in [5.41, 5.74) is 0. The van der Waals surface area contributed by atoms with Gasteiger partial charge in [0.15, 0.2) is 0 Å². The molecular formula is C17H24BrClN2O6. The van der Waals surface area contributed by atoms with Crippen LogP contribution in [0.15, 0.2) is 22.7 Å². The first-order valence-electron chi connectivity index (χ1n) is 8.32. The van der Waals surface area contributed by atoms with Gasteiger partial charge in [0.2, 0.25) is 0 Å². The normalized spacial score (nSPS) is 14.9. The maximum atomic E-state index is 9.10. The molecule has 0 spiro atoms. The molecule has 0 radical (unpaired) electrons. The molecule has 0 atom stereocenters. The summed E-state index contributed by atoms with van der Waals surface area (Å²) >= 11 is 9.44. The van der Waals surface area contributed by atoms with Crippen LogP contribution in [0.4, 0.5) is 0 Å². The van der Waals surface area contributed by atoms with Crippen molar-refractivity contribution in [3.63, 3.8) is 0 Å². The predicted molar refractivity (Wildman–Crippen MR) is 105 cm³/mol. The van der Waals surface area contributed by atoms with Crippen molar-refractivity contribution >= 4 is 39.5 Å². The van der Waals surface area contributed by atoms with E-state index < -0.39 is 11.9 Å². The van der Waals surface area contributed by atoms with Gasteiger partial charge in [0.25, 0.3) is 0 Å². The lowest BCUT2D eigenvalue weighted by molar-refractivity contribution is -0.159. The van der Waals surface area contributed by atoms with Gasteiger partial charge in [-0.1, -0.05) is 27.5 Å². The van der Waals surface area contributed by atoms with Crippen LogP contribution in [-0.2, 0) is 14.3 Å². The first-order chi connectivity index (χ1) is 12.8. The molecule has 1 heterocycles. The van der Waals surface area contributed by atoms with Crippen LogP contribution in [0.25, 0.3) is 0 Å². The minimum atomic E-state index is -1.82. The van der Waals surface area contributed by atoms with Crippen molar-refractivity contribution in [3.8, 4) is 5.75 Å². The van der Waals surface area contributed by atoms with Crippen LogP contribution in [0, 0.1) is 0 Å². The topological polar surface area (TPSA) is 99.5 Å². The quantitative estimate of drug-likeness (QED) is 0.463. The molecule has 1 aromatic rings. The zero-order valence-electron chi connectivity index (χ0n) is 15.1. The van der Waals surface area contributed by atoms with Crippen LogP contribution in [0.3, 0.4) is 0 Å². The van der Waals surface area contributed by atoms with Crippen molar-refractivity contribution < 1.29 is 29.3 Å². The van der Waals surface area contributed by atoms with Gasteiger partial charge in [0, 0.05) is 37.2 Å². The zero-order chi connectivity index (χ0) is 20.2. The summed E-state index contributed by atoms with van der Waals surface area (Å²) in [4.78, 5) is 23.0. The lowest BCUT2D eigenvalue weighted by Crippen LogP contribution is -2.45. The van der Waals surface area contributed by atoms with E-state index in [0.717, 1.165) is 43.8 Å². The maximum Gasteiger partial charge on any atom is 0.414 e. The number of aliphatic carboxylic acids is 2. The molecule has 1 saturated heterocycles. The SMILES string of the molecule is CN1CCN(CCOCCOc2ccc(Br)cc2Cl)CC1.O=C(O)C(=O)O. The van der Waals surface area contributed by atoms with E-state index in [0.29, 0.717) is 24.0 Å². The van der Waals surface area contributed by atoms with E-state index in [1.165, 1.54) is 0 Å². The second kappa shape index (κ2) is 12.9. The number of benzene rings is 1. The number of rotatable bonds is 7. The van der Waals surface area contributed by atoms with E-state index >= 15 is 0 Å². The fourth-order valence-corrected chi connectivity index (χ4v) is 2.90. The first kappa shape index (κ1) is 23.6. The Morgan fingerprint density at radius 2 is 1.74 bits per heavy atom. The van der Waals surface area contributed by atoms with Gasteiger partial charge in [0.05, 0.1) is 18.2 Å². The lowest BCUT2D eigenvalue weighted by atomic mass is 10.3. The Bertz CT molecular complexity index is 599. The molecule has 0 bridgehead atoms. The molecule has 1 fully saturated rings. The molecule has 1 aromatic carbocycles. The summed E-state index contributed by atoms with van der Waals surface area (Å²) in [7, 11) is 2.17. The van der Waals surface area contributed by atoms with Crippen molar-refractivity contribution in [2.75, 3.05) is 59.6 Å². The third-order valence-electron chi connectivity index (χ3n) is 3.71. The summed E-state index contributed by atoms with van der Waals surface area (Å²) in [6, 6.07) is 5.59. The molecule has 1 aliphatic rings. The molecule has 0 unspecified atom stereocenters. The van der Waals surface area contributed by atoms with Gasteiger partial charge in [-0.2, -0.15) is 0 Å². The smallest absolute Gasteiger partial charge is 0.414 e. The highest BCUT2D eigenvalue weighted by molar-refractivity contribution is 9.10. The molecule has 0 amide bonds. The largest absolute Gasteiger partial charge is 0.490 e. The van der Waals surface area contributed by atoms with Gasteiger partial charge in [-0.05, 0) is 25.2 Å². The third kappa shape index (κ3) is 10.5. The Balaban J connectivity index is 0.000000527. The highest BCUT2D eigenvalue weighted by Crippen LogP contribution is 2.27. The van der Waals surface area contributed by atoms with Crippen molar-refractivity contribution in [3.05, 3.63) is 27.7 Å². The van der Waals surface area contributed by atoms with Gasteiger partial charge in [-0.25, -0.2) is 9.59 Å². The molecule has 2 N–H and O–H groups in total. The van der Waals surface area contributed by atoms with Crippen LogP contribution in [0.1, 0.15) is 0 Å². The molecule has 0 aromatic heterocycles. The fourth-order valence-electron chi connectivity index (χ4n) is 2.17. The number of nitrogens with zero attached hydrogens (tertiary/aromatic N) is 2. The Morgan fingerprint density at radius 3 is 2.30 bits per heavy atom. The van der Waals surface area contributed by atoms with Crippen LogP contribution in [-0.4, -0.2) is 91.5 Å². The lowest BCUT2D eigenvalue weighted by Gasteiger charge is -2.32. The fraction of sp³-hybridized carbons (Fsp3) is 0.529. The number of hydrogen-bond donors (Lipinski definition) is 2. The summed E-state index contributed by atoms with van der Waals surface area (Å²) in [6.45, 7) is 7.39. The summed E-state index contributed by atoms with van der Waals surface area (Å²) in [6.07, 6.45) is 0. The molecule has 27 heavy (non-hydrogen) atoms. The Hall–Kier alpha value is -1.39. The number of halogens is 2. The van der Waals surface area contributed by atoms with Crippen LogP contribution in [0.2, 0.25) is 5.02 Å². The van der Waals surface area contributed by atoms with Gasteiger partial charge in [-0.3, -0.25) is 4.90 Å². The highest BCUT2D eigenvalue weighted by atomic mass is 79.9. The van der Waals surface area contributed by atoms with E-state index in [9.17, 15) is 0 Å². The Kier molecular flexibility index (Phi) is 11.3. The van der Waals surface area contributed by atoms with Crippen molar-refractivity contribution in [2.24, 2.45) is 0 Å². The Labute approximate surface area is 171 Å². The zero-order valence-corrected chi connectivity index (χ0v) is 17.4. The minimum absolute atomic E-state index is 0.518. The van der Waals surface area contributed by atoms with Gasteiger partial charge < -0.3 is 24.6 Å². The average Bonchev–Trinajstić information content (AvgIpc) is 2.61. The predicted octanol–water partition coefficient (Wildman–Crippen LogP) is 1.90. The molecule has 2 rings (SSSR count). The van der Waals surface area contributed by atoms with Gasteiger partial charge >= 0.3 is 11.9 Å². The second-order valence-electron chi connectivity index (χ2n) is 5.79. The number of ether oxygens (including phenoxy) is 2. The number of piperazine rings is 1. The van der Waals surface area contributed by atoms with E-state index in [1.54, 1.807) is 0 Å². The van der Waals surface area contributed by atoms with Crippen molar-refractivity contribution in [2.45, 2.75) is 0 Å². The van der Waals surface area contributed by atoms with E-state index in [4.69, 9.17) is 40.9 Å². The average molecular weight is 468 g/mol. The van der Waals surface area contributed by atoms with Crippen molar-refractivity contribution in [1.82, 2.24) is 9.80 Å². The van der Waals surface area contributed by atoms with E-state index in [2.05, 4.69) is 32.8 Å². The second-order valence-corrected chi connectivity index (χ2v) is 7.11. The molecule has 10 heteroatoms. The van der Waals surface area contributed by atoms with Crippen LogP contribution in [0.5, 0.6) is 5.75 Å². The molecule has 0 aliphatic carbocycles. The summed E-state index contributed by atoms with van der Waals surface area (Å²) in [5, 5.41) is 15.4. The van der Waals surface area contributed by atoms with Gasteiger partial charge in [-0.15, -0.1) is 0 Å².